The Morgan fingerprint density at radius 3 is 2.36 bits per heavy atom. The van der Waals surface area contributed by atoms with Crippen LogP contribution in [0.5, 0.6) is 5.75 Å². The van der Waals surface area contributed by atoms with Crippen molar-refractivity contribution >= 4 is 15.9 Å². The van der Waals surface area contributed by atoms with Crippen LogP contribution in [-0.2, 0) is 14.8 Å². The average Bonchev–Trinajstić information content (AvgIpc) is 2.59. The van der Waals surface area contributed by atoms with Crippen LogP contribution in [0.15, 0.2) is 24.3 Å². The normalized spacial score (nSPS) is 17.3. The van der Waals surface area contributed by atoms with E-state index in [1.54, 1.807) is 7.11 Å². The van der Waals surface area contributed by atoms with E-state index in [1.165, 1.54) is 10.6 Å². The quantitative estimate of drug-likeness (QED) is 0.802. The predicted octanol–water partition coefficient (Wildman–Crippen LogP) is 2.47. The molecule has 1 aliphatic rings. The number of hydrogen-bond donors (Lipinski definition) is 1. The standard InChI is InChI=1S/C18H28N2O4S/c1-14(15-9-11-17(24-2)12-10-15)19-18(21)13-20(25(3,22)23)16-7-5-4-6-8-16/h9-12,14,16H,4-8,13H2,1-3H3,(H,19,21)/t14-/m0/s1. The van der Waals surface area contributed by atoms with E-state index in [4.69, 9.17) is 4.74 Å². The molecule has 7 heteroatoms. The average molecular weight is 368 g/mol. The molecule has 0 radical (unpaired) electrons. The Labute approximate surface area is 150 Å². The van der Waals surface area contributed by atoms with Gasteiger partial charge in [0.05, 0.1) is 26.0 Å². The first-order valence-electron chi connectivity index (χ1n) is 8.71. The van der Waals surface area contributed by atoms with Gasteiger partial charge in [-0.2, -0.15) is 4.31 Å². The molecule has 0 aliphatic heterocycles. The first-order chi connectivity index (χ1) is 11.8. The van der Waals surface area contributed by atoms with Crippen LogP contribution in [0.2, 0.25) is 0 Å². The fourth-order valence-corrected chi connectivity index (χ4v) is 4.39. The van der Waals surface area contributed by atoms with Crippen LogP contribution in [0.1, 0.15) is 50.6 Å². The Kier molecular flexibility index (Phi) is 6.84. The molecule has 1 aromatic rings. The van der Waals surface area contributed by atoms with Gasteiger partial charge >= 0.3 is 0 Å². The summed E-state index contributed by atoms with van der Waals surface area (Å²) in [5.41, 5.74) is 0.942. The minimum atomic E-state index is -3.41. The van der Waals surface area contributed by atoms with Gasteiger partial charge in [-0.15, -0.1) is 0 Å². The molecule has 2 rings (SSSR count). The molecule has 1 N–H and O–H groups in total. The van der Waals surface area contributed by atoms with Gasteiger partial charge in [0.2, 0.25) is 15.9 Å². The molecule has 1 aromatic carbocycles. The Balaban J connectivity index is 1.99. The van der Waals surface area contributed by atoms with Crippen molar-refractivity contribution in [1.29, 1.82) is 0 Å². The maximum absolute atomic E-state index is 12.4. The zero-order valence-corrected chi connectivity index (χ0v) is 16.0. The van der Waals surface area contributed by atoms with Crippen molar-refractivity contribution in [3.63, 3.8) is 0 Å². The molecule has 1 atom stereocenters. The molecule has 140 valence electrons. The second kappa shape index (κ2) is 8.67. The smallest absolute Gasteiger partial charge is 0.235 e. The van der Waals surface area contributed by atoms with Gasteiger partial charge in [0.25, 0.3) is 0 Å². The van der Waals surface area contributed by atoms with E-state index in [9.17, 15) is 13.2 Å². The van der Waals surface area contributed by atoms with Gasteiger partial charge in [-0.05, 0) is 37.5 Å². The van der Waals surface area contributed by atoms with E-state index in [-0.39, 0.29) is 24.5 Å². The largest absolute Gasteiger partial charge is 0.497 e. The van der Waals surface area contributed by atoms with E-state index in [0.717, 1.165) is 43.4 Å². The summed E-state index contributed by atoms with van der Waals surface area (Å²) in [5.74, 6) is 0.474. The molecule has 0 bridgehead atoms. The molecule has 0 unspecified atom stereocenters. The number of carbonyl (C=O) groups excluding carboxylic acids is 1. The topological polar surface area (TPSA) is 75.7 Å². The van der Waals surface area contributed by atoms with E-state index < -0.39 is 10.0 Å². The molecule has 0 spiro atoms. The molecule has 25 heavy (non-hydrogen) atoms. The van der Waals surface area contributed by atoms with Gasteiger partial charge in [-0.1, -0.05) is 31.4 Å². The molecule has 0 heterocycles. The van der Waals surface area contributed by atoms with Crippen LogP contribution in [0, 0.1) is 0 Å². The van der Waals surface area contributed by atoms with Crippen molar-refractivity contribution in [3.05, 3.63) is 29.8 Å². The van der Waals surface area contributed by atoms with Crippen LogP contribution in [0.25, 0.3) is 0 Å². The van der Waals surface area contributed by atoms with E-state index in [0.29, 0.717) is 0 Å². The van der Waals surface area contributed by atoms with E-state index >= 15 is 0 Å². The van der Waals surface area contributed by atoms with Crippen molar-refractivity contribution in [1.82, 2.24) is 9.62 Å². The highest BCUT2D eigenvalue weighted by Gasteiger charge is 2.30. The lowest BCUT2D eigenvalue weighted by molar-refractivity contribution is -0.122. The number of ether oxygens (including phenoxy) is 1. The lowest BCUT2D eigenvalue weighted by Crippen LogP contribution is -2.46. The molecular weight excluding hydrogens is 340 g/mol. The van der Waals surface area contributed by atoms with Gasteiger partial charge in [0.15, 0.2) is 0 Å². The Morgan fingerprint density at radius 2 is 1.84 bits per heavy atom. The number of nitrogens with one attached hydrogen (secondary N) is 1. The number of carbonyl (C=O) groups is 1. The summed E-state index contributed by atoms with van der Waals surface area (Å²) in [7, 11) is -1.81. The Hall–Kier alpha value is -1.60. The number of nitrogens with zero attached hydrogens (tertiary/aromatic N) is 1. The first kappa shape index (κ1) is 19.7. The fourth-order valence-electron chi connectivity index (χ4n) is 3.29. The summed E-state index contributed by atoms with van der Waals surface area (Å²) < 4.78 is 30.7. The highest BCUT2D eigenvalue weighted by molar-refractivity contribution is 7.88. The molecular formula is C18H28N2O4S. The van der Waals surface area contributed by atoms with Crippen LogP contribution < -0.4 is 10.1 Å². The Bertz CT molecular complexity index is 667. The SMILES string of the molecule is COc1ccc([C@H](C)NC(=O)CN(C2CCCCC2)S(C)(=O)=O)cc1. The summed E-state index contributed by atoms with van der Waals surface area (Å²) in [6, 6.07) is 7.18. The van der Waals surface area contributed by atoms with E-state index in [1.807, 2.05) is 31.2 Å². The number of sulfonamides is 1. The molecule has 1 aliphatic carbocycles. The highest BCUT2D eigenvalue weighted by atomic mass is 32.2. The summed E-state index contributed by atoms with van der Waals surface area (Å²) in [6.07, 6.45) is 6.00. The maximum atomic E-state index is 12.4. The lowest BCUT2D eigenvalue weighted by atomic mass is 9.95. The second-order valence-corrected chi connectivity index (χ2v) is 8.60. The van der Waals surface area contributed by atoms with Crippen molar-refractivity contribution < 1.29 is 17.9 Å². The summed E-state index contributed by atoms with van der Waals surface area (Å²) in [4.78, 5) is 12.4. The highest BCUT2D eigenvalue weighted by Crippen LogP contribution is 2.24. The van der Waals surface area contributed by atoms with Crippen molar-refractivity contribution in [2.45, 2.75) is 51.1 Å². The van der Waals surface area contributed by atoms with E-state index in [2.05, 4.69) is 5.32 Å². The summed E-state index contributed by atoms with van der Waals surface area (Å²) >= 11 is 0. The fraction of sp³-hybridized carbons (Fsp3) is 0.611. The number of hydrogen-bond acceptors (Lipinski definition) is 4. The van der Waals surface area contributed by atoms with Gasteiger partial charge in [0.1, 0.15) is 5.75 Å². The predicted molar refractivity (Wildman–Crippen MR) is 98.0 cm³/mol. The molecule has 0 aromatic heterocycles. The monoisotopic (exact) mass is 368 g/mol. The van der Waals surface area contributed by atoms with Gasteiger partial charge < -0.3 is 10.1 Å². The van der Waals surface area contributed by atoms with Crippen molar-refractivity contribution in [2.75, 3.05) is 19.9 Å². The minimum Gasteiger partial charge on any atom is -0.497 e. The maximum Gasteiger partial charge on any atom is 0.235 e. The van der Waals surface area contributed by atoms with Crippen molar-refractivity contribution in [3.8, 4) is 5.75 Å². The first-order valence-corrected chi connectivity index (χ1v) is 10.6. The lowest BCUT2D eigenvalue weighted by Gasteiger charge is -2.32. The Morgan fingerprint density at radius 1 is 1.24 bits per heavy atom. The molecule has 0 saturated heterocycles. The summed E-state index contributed by atoms with van der Waals surface area (Å²) in [5, 5.41) is 2.89. The third kappa shape index (κ3) is 5.71. The zero-order valence-electron chi connectivity index (χ0n) is 15.2. The van der Waals surface area contributed by atoms with Crippen LogP contribution in [0.4, 0.5) is 0 Å². The zero-order chi connectivity index (χ0) is 18.4. The van der Waals surface area contributed by atoms with Gasteiger partial charge in [-0.3, -0.25) is 4.79 Å². The summed E-state index contributed by atoms with van der Waals surface area (Å²) in [6.45, 7) is 1.76. The van der Waals surface area contributed by atoms with Crippen LogP contribution in [-0.4, -0.2) is 44.6 Å². The van der Waals surface area contributed by atoms with Gasteiger partial charge in [0, 0.05) is 6.04 Å². The minimum absolute atomic E-state index is 0.0641. The van der Waals surface area contributed by atoms with Gasteiger partial charge in [-0.25, -0.2) is 8.42 Å². The molecule has 1 amide bonds. The third-order valence-electron chi connectivity index (χ3n) is 4.70. The second-order valence-electron chi connectivity index (χ2n) is 6.66. The molecule has 1 saturated carbocycles. The van der Waals surface area contributed by atoms with Crippen LogP contribution in [0.3, 0.4) is 0 Å². The van der Waals surface area contributed by atoms with Crippen LogP contribution >= 0.6 is 0 Å². The third-order valence-corrected chi connectivity index (χ3v) is 5.98. The number of benzene rings is 1. The molecule has 1 fully saturated rings. The molecule has 6 nitrogen and oxygen atoms in total. The number of methoxy groups -OCH3 is 1. The number of rotatable bonds is 7. The van der Waals surface area contributed by atoms with Crippen molar-refractivity contribution in [2.24, 2.45) is 0 Å². The number of amides is 1.